The summed E-state index contributed by atoms with van der Waals surface area (Å²) in [5, 5.41) is 12.0. The van der Waals surface area contributed by atoms with E-state index in [0.29, 0.717) is 5.69 Å². The number of unbranched alkanes of at least 4 members (excludes halogenated alkanes) is 1. The van der Waals surface area contributed by atoms with E-state index in [1.165, 1.54) is 6.07 Å². The maximum atomic E-state index is 10.9. The van der Waals surface area contributed by atoms with Crippen molar-refractivity contribution in [1.82, 2.24) is 0 Å². The maximum absolute atomic E-state index is 10.9. The van der Waals surface area contributed by atoms with Crippen molar-refractivity contribution in [3.05, 3.63) is 23.8 Å². The van der Waals surface area contributed by atoms with E-state index in [9.17, 15) is 4.79 Å². The SMILES string of the molecule is COCCCCNc1cccc(C(=O)O)c1N. The molecule has 1 rings (SSSR count). The molecule has 0 amide bonds. The molecular weight excluding hydrogens is 220 g/mol. The molecule has 0 saturated carbocycles. The Balaban J connectivity index is 2.54. The second-order valence-corrected chi connectivity index (χ2v) is 3.70. The lowest BCUT2D eigenvalue weighted by Crippen LogP contribution is -2.09. The van der Waals surface area contributed by atoms with Crippen LogP contribution >= 0.6 is 0 Å². The molecule has 0 aliphatic carbocycles. The quantitative estimate of drug-likeness (QED) is 0.498. The molecule has 0 saturated heterocycles. The fraction of sp³-hybridized carbons (Fsp3) is 0.417. The summed E-state index contributed by atoms with van der Waals surface area (Å²) in [6.45, 7) is 1.48. The molecule has 5 heteroatoms. The molecule has 0 bridgehead atoms. The molecule has 17 heavy (non-hydrogen) atoms. The summed E-state index contributed by atoms with van der Waals surface area (Å²) in [5.41, 5.74) is 6.84. The Morgan fingerprint density at radius 2 is 2.24 bits per heavy atom. The van der Waals surface area contributed by atoms with Crippen LogP contribution in [0, 0.1) is 0 Å². The highest BCUT2D eigenvalue weighted by Gasteiger charge is 2.10. The van der Waals surface area contributed by atoms with E-state index < -0.39 is 5.97 Å². The first-order valence-electron chi connectivity index (χ1n) is 5.51. The van der Waals surface area contributed by atoms with Crippen molar-refractivity contribution in [1.29, 1.82) is 0 Å². The van der Waals surface area contributed by atoms with Crippen molar-refractivity contribution in [3.63, 3.8) is 0 Å². The van der Waals surface area contributed by atoms with Gasteiger partial charge in [0.05, 0.1) is 16.9 Å². The summed E-state index contributed by atoms with van der Waals surface area (Å²) in [4.78, 5) is 10.9. The number of carbonyl (C=O) groups is 1. The summed E-state index contributed by atoms with van der Waals surface area (Å²) in [6.07, 6.45) is 1.91. The number of para-hydroxylation sites is 1. The molecule has 5 nitrogen and oxygen atoms in total. The average Bonchev–Trinajstić information content (AvgIpc) is 2.30. The highest BCUT2D eigenvalue weighted by atomic mass is 16.5. The standard InChI is InChI=1S/C12H18N2O3/c1-17-8-3-2-7-14-10-6-4-5-9(11(10)13)12(15)16/h4-6,14H,2-3,7-8,13H2,1H3,(H,15,16). The predicted octanol–water partition coefficient (Wildman–Crippen LogP) is 1.81. The van der Waals surface area contributed by atoms with Crippen LogP contribution in [0.2, 0.25) is 0 Å². The fourth-order valence-corrected chi connectivity index (χ4v) is 1.50. The van der Waals surface area contributed by atoms with Gasteiger partial charge in [0.25, 0.3) is 0 Å². The summed E-state index contributed by atoms with van der Waals surface area (Å²) >= 11 is 0. The van der Waals surface area contributed by atoms with Gasteiger partial charge in [-0.05, 0) is 25.0 Å². The number of carboxylic acid groups (broad SMARTS) is 1. The number of ether oxygens (including phenoxy) is 1. The number of nitrogens with one attached hydrogen (secondary N) is 1. The van der Waals surface area contributed by atoms with Gasteiger partial charge in [-0.3, -0.25) is 0 Å². The Bertz CT molecular complexity index is 380. The van der Waals surface area contributed by atoms with E-state index in [2.05, 4.69) is 5.32 Å². The summed E-state index contributed by atoms with van der Waals surface area (Å²) < 4.78 is 4.94. The van der Waals surface area contributed by atoms with E-state index in [4.69, 9.17) is 15.6 Å². The van der Waals surface area contributed by atoms with Gasteiger partial charge >= 0.3 is 5.97 Å². The van der Waals surface area contributed by atoms with Gasteiger partial charge in [-0.2, -0.15) is 0 Å². The third kappa shape index (κ3) is 3.96. The molecule has 0 aromatic heterocycles. The number of hydrogen-bond donors (Lipinski definition) is 3. The predicted molar refractivity (Wildman–Crippen MR) is 67.4 cm³/mol. The minimum absolute atomic E-state index is 0.131. The minimum Gasteiger partial charge on any atom is -0.478 e. The normalized spacial score (nSPS) is 10.2. The van der Waals surface area contributed by atoms with Gasteiger partial charge in [-0.15, -0.1) is 0 Å². The van der Waals surface area contributed by atoms with Crippen LogP contribution in [0.25, 0.3) is 0 Å². The van der Waals surface area contributed by atoms with Crippen molar-refractivity contribution in [3.8, 4) is 0 Å². The van der Waals surface area contributed by atoms with Crippen molar-refractivity contribution in [2.45, 2.75) is 12.8 Å². The number of hydrogen-bond acceptors (Lipinski definition) is 4. The zero-order chi connectivity index (χ0) is 12.7. The van der Waals surface area contributed by atoms with Crippen LogP contribution in [0.3, 0.4) is 0 Å². The van der Waals surface area contributed by atoms with Crippen molar-refractivity contribution in [2.24, 2.45) is 0 Å². The Kier molecular flexibility index (Phi) is 5.29. The Morgan fingerprint density at radius 1 is 1.47 bits per heavy atom. The second kappa shape index (κ2) is 6.75. The molecule has 0 radical (unpaired) electrons. The molecule has 0 atom stereocenters. The van der Waals surface area contributed by atoms with Crippen LogP contribution in [0.15, 0.2) is 18.2 Å². The van der Waals surface area contributed by atoms with Crippen LogP contribution in [-0.2, 0) is 4.74 Å². The number of nitrogen functional groups attached to an aromatic ring is 1. The van der Waals surface area contributed by atoms with Crippen LogP contribution in [-0.4, -0.2) is 31.3 Å². The molecule has 1 aromatic carbocycles. The lowest BCUT2D eigenvalue weighted by molar-refractivity contribution is 0.0698. The number of nitrogens with two attached hydrogens (primary N) is 1. The lowest BCUT2D eigenvalue weighted by atomic mass is 10.1. The highest BCUT2D eigenvalue weighted by Crippen LogP contribution is 2.22. The lowest BCUT2D eigenvalue weighted by Gasteiger charge is -2.10. The molecule has 0 aliphatic heterocycles. The zero-order valence-corrected chi connectivity index (χ0v) is 9.90. The topological polar surface area (TPSA) is 84.6 Å². The van der Waals surface area contributed by atoms with E-state index in [1.807, 2.05) is 0 Å². The maximum Gasteiger partial charge on any atom is 0.337 e. The van der Waals surface area contributed by atoms with E-state index in [0.717, 1.165) is 26.0 Å². The number of anilines is 2. The van der Waals surface area contributed by atoms with Crippen LogP contribution in [0.1, 0.15) is 23.2 Å². The van der Waals surface area contributed by atoms with Gasteiger partial charge < -0.3 is 20.9 Å². The monoisotopic (exact) mass is 238 g/mol. The first-order valence-corrected chi connectivity index (χ1v) is 5.51. The fourth-order valence-electron chi connectivity index (χ4n) is 1.50. The van der Waals surface area contributed by atoms with Crippen molar-refractivity contribution < 1.29 is 14.6 Å². The number of carboxylic acids is 1. The van der Waals surface area contributed by atoms with E-state index in [1.54, 1.807) is 19.2 Å². The van der Waals surface area contributed by atoms with Gasteiger partial charge in [0.1, 0.15) is 0 Å². The number of benzene rings is 1. The van der Waals surface area contributed by atoms with E-state index in [-0.39, 0.29) is 11.3 Å². The molecule has 94 valence electrons. The number of aromatic carboxylic acids is 1. The first kappa shape index (κ1) is 13.3. The van der Waals surface area contributed by atoms with Crippen LogP contribution in [0.5, 0.6) is 0 Å². The zero-order valence-electron chi connectivity index (χ0n) is 9.90. The molecule has 0 fully saturated rings. The van der Waals surface area contributed by atoms with Crippen molar-refractivity contribution >= 4 is 17.3 Å². The van der Waals surface area contributed by atoms with Gasteiger partial charge in [0, 0.05) is 20.3 Å². The largest absolute Gasteiger partial charge is 0.478 e. The Hall–Kier alpha value is -1.75. The average molecular weight is 238 g/mol. The van der Waals surface area contributed by atoms with Gasteiger partial charge in [-0.1, -0.05) is 6.07 Å². The van der Waals surface area contributed by atoms with Gasteiger partial charge in [0.2, 0.25) is 0 Å². The third-order valence-corrected chi connectivity index (χ3v) is 2.43. The summed E-state index contributed by atoms with van der Waals surface area (Å²) in [5.74, 6) is -1.01. The minimum atomic E-state index is -1.01. The van der Waals surface area contributed by atoms with Crippen molar-refractivity contribution in [2.75, 3.05) is 31.3 Å². The molecule has 0 heterocycles. The summed E-state index contributed by atoms with van der Waals surface area (Å²) in [7, 11) is 1.67. The smallest absolute Gasteiger partial charge is 0.337 e. The number of rotatable bonds is 7. The number of methoxy groups -OCH3 is 1. The highest BCUT2D eigenvalue weighted by molar-refractivity contribution is 5.97. The second-order valence-electron chi connectivity index (χ2n) is 3.70. The first-order chi connectivity index (χ1) is 8.16. The van der Waals surface area contributed by atoms with Crippen LogP contribution < -0.4 is 11.1 Å². The Labute approximate surface area is 101 Å². The molecule has 0 unspecified atom stereocenters. The molecular formula is C12H18N2O3. The molecule has 0 aliphatic rings. The Morgan fingerprint density at radius 3 is 2.88 bits per heavy atom. The van der Waals surface area contributed by atoms with Gasteiger partial charge in [0.15, 0.2) is 0 Å². The third-order valence-electron chi connectivity index (χ3n) is 2.43. The molecule has 4 N–H and O–H groups in total. The van der Waals surface area contributed by atoms with Gasteiger partial charge in [-0.25, -0.2) is 4.79 Å². The summed E-state index contributed by atoms with van der Waals surface area (Å²) in [6, 6.07) is 4.95. The van der Waals surface area contributed by atoms with E-state index >= 15 is 0 Å². The molecule has 1 aromatic rings. The molecule has 0 spiro atoms. The van der Waals surface area contributed by atoms with Crippen LogP contribution in [0.4, 0.5) is 11.4 Å².